The first-order valence-corrected chi connectivity index (χ1v) is 10.8. The van der Waals surface area contributed by atoms with Gasteiger partial charge < -0.3 is 4.74 Å². The summed E-state index contributed by atoms with van der Waals surface area (Å²) in [6, 6.07) is 21.5. The molecule has 1 heterocycles. The lowest BCUT2D eigenvalue weighted by atomic mass is 10.0. The molecule has 4 rings (SSSR count). The predicted molar refractivity (Wildman–Crippen MR) is 112 cm³/mol. The van der Waals surface area contributed by atoms with E-state index in [9.17, 15) is 8.42 Å². The van der Waals surface area contributed by atoms with Crippen LogP contribution in [0.2, 0.25) is 5.02 Å². The molecule has 0 amide bonds. The standard InChI is InChI=1S/C22H16ClNO3S/c1-28(25,26)17-6-4-5-15(13-17)27-16-9-10-21(23)20(14-16)18-11-12-24-22-8-3-2-7-19(18)22/h2-14H,1H3. The van der Waals surface area contributed by atoms with Crippen molar-refractivity contribution in [3.8, 4) is 22.6 Å². The summed E-state index contributed by atoms with van der Waals surface area (Å²) >= 11 is 6.46. The number of para-hydroxylation sites is 1. The molecule has 0 unspecified atom stereocenters. The summed E-state index contributed by atoms with van der Waals surface area (Å²) in [6.07, 6.45) is 2.91. The Labute approximate surface area is 168 Å². The number of pyridine rings is 1. The molecule has 4 nitrogen and oxygen atoms in total. The molecule has 0 aliphatic carbocycles. The number of aromatic nitrogens is 1. The molecule has 3 aromatic carbocycles. The number of nitrogens with zero attached hydrogens (tertiary/aromatic N) is 1. The van der Waals surface area contributed by atoms with Crippen LogP contribution in [0.4, 0.5) is 0 Å². The lowest BCUT2D eigenvalue weighted by Crippen LogP contribution is -1.97. The minimum absolute atomic E-state index is 0.208. The molecule has 0 aliphatic rings. The van der Waals surface area contributed by atoms with Gasteiger partial charge in [0.25, 0.3) is 0 Å². The lowest BCUT2D eigenvalue weighted by Gasteiger charge is -2.12. The molecule has 0 radical (unpaired) electrons. The zero-order chi connectivity index (χ0) is 19.7. The van der Waals surface area contributed by atoms with Gasteiger partial charge in [0.05, 0.1) is 10.4 Å². The number of hydrogen-bond acceptors (Lipinski definition) is 4. The van der Waals surface area contributed by atoms with Crippen LogP contribution in [0.25, 0.3) is 22.0 Å². The molecule has 0 saturated heterocycles. The first-order valence-electron chi connectivity index (χ1n) is 8.53. The maximum absolute atomic E-state index is 11.8. The highest BCUT2D eigenvalue weighted by molar-refractivity contribution is 7.90. The SMILES string of the molecule is CS(=O)(=O)c1cccc(Oc2ccc(Cl)c(-c3ccnc4ccccc34)c2)c1. The Morgan fingerprint density at radius 1 is 0.857 bits per heavy atom. The minimum Gasteiger partial charge on any atom is -0.457 e. The highest BCUT2D eigenvalue weighted by Crippen LogP contribution is 2.36. The molecule has 4 aromatic rings. The van der Waals surface area contributed by atoms with Crippen LogP contribution >= 0.6 is 11.6 Å². The summed E-state index contributed by atoms with van der Waals surface area (Å²) in [5, 5.41) is 1.58. The molecule has 1 aromatic heterocycles. The van der Waals surface area contributed by atoms with Crippen molar-refractivity contribution in [3.05, 3.63) is 84.0 Å². The van der Waals surface area contributed by atoms with Crippen LogP contribution in [0.3, 0.4) is 0 Å². The summed E-state index contributed by atoms with van der Waals surface area (Å²) in [6.45, 7) is 0. The van der Waals surface area contributed by atoms with Gasteiger partial charge in [-0.3, -0.25) is 4.98 Å². The quantitative estimate of drug-likeness (QED) is 0.430. The zero-order valence-electron chi connectivity index (χ0n) is 15.0. The number of fused-ring (bicyclic) bond motifs is 1. The van der Waals surface area contributed by atoms with Crippen LogP contribution in [0, 0.1) is 0 Å². The first kappa shape index (κ1) is 18.5. The maximum atomic E-state index is 11.8. The fourth-order valence-corrected chi connectivity index (χ4v) is 3.88. The fraction of sp³-hybridized carbons (Fsp3) is 0.0455. The molecule has 140 valence electrons. The van der Waals surface area contributed by atoms with Crippen LogP contribution in [-0.2, 0) is 9.84 Å². The van der Waals surface area contributed by atoms with Crippen LogP contribution in [0.5, 0.6) is 11.5 Å². The average molecular weight is 410 g/mol. The number of hydrogen-bond donors (Lipinski definition) is 0. The second-order valence-electron chi connectivity index (χ2n) is 6.37. The first-order chi connectivity index (χ1) is 13.4. The third-order valence-corrected chi connectivity index (χ3v) is 5.79. The van der Waals surface area contributed by atoms with Gasteiger partial charge in [0, 0.05) is 28.4 Å². The van der Waals surface area contributed by atoms with Gasteiger partial charge in [-0.25, -0.2) is 8.42 Å². The van der Waals surface area contributed by atoms with Crippen molar-refractivity contribution in [1.82, 2.24) is 4.98 Å². The molecule has 6 heteroatoms. The number of halogens is 1. The van der Waals surface area contributed by atoms with E-state index in [0.717, 1.165) is 22.0 Å². The molecule has 0 atom stereocenters. The van der Waals surface area contributed by atoms with E-state index in [4.69, 9.17) is 16.3 Å². The highest BCUT2D eigenvalue weighted by Gasteiger charge is 2.12. The number of benzene rings is 3. The molecular formula is C22H16ClNO3S. The third kappa shape index (κ3) is 3.72. The normalized spacial score (nSPS) is 11.5. The second kappa shape index (κ2) is 7.26. The van der Waals surface area contributed by atoms with Gasteiger partial charge in [0.1, 0.15) is 11.5 Å². The van der Waals surface area contributed by atoms with Gasteiger partial charge in [-0.2, -0.15) is 0 Å². The van der Waals surface area contributed by atoms with Crippen LogP contribution in [0.1, 0.15) is 0 Å². The number of rotatable bonds is 4. The van der Waals surface area contributed by atoms with Gasteiger partial charge >= 0.3 is 0 Å². The van der Waals surface area contributed by atoms with Crippen molar-refractivity contribution in [2.75, 3.05) is 6.26 Å². The van der Waals surface area contributed by atoms with E-state index in [1.165, 1.54) is 12.3 Å². The number of ether oxygens (including phenoxy) is 1. The summed E-state index contributed by atoms with van der Waals surface area (Å²) in [5.41, 5.74) is 2.64. The molecule has 0 saturated carbocycles. The molecule has 0 aliphatic heterocycles. The van der Waals surface area contributed by atoms with Gasteiger partial charge in [0.2, 0.25) is 0 Å². The van der Waals surface area contributed by atoms with E-state index >= 15 is 0 Å². The van der Waals surface area contributed by atoms with E-state index < -0.39 is 9.84 Å². The van der Waals surface area contributed by atoms with Crippen molar-refractivity contribution in [2.24, 2.45) is 0 Å². The minimum atomic E-state index is -3.31. The van der Waals surface area contributed by atoms with Gasteiger partial charge in [-0.15, -0.1) is 0 Å². The summed E-state index contributed by atoms with van der Waals surface area (Å²) in [4.78, 5) is 4.60. The molecule has 0 spiro atoms. The molecule has 0 fully saturated rings. The van der Waals surface area contributed by atoms with E-state index in [1.54, 1.807) is 36.5 Å². The molecule has 28 heavy (non-hydrogen) atoms. The Bertz CT molecular complexity index is 1280. The van der Waals surface area contributed by atoms with Gasteiger partial charge in [-0.05, 0) is 54.1 Å². The largest absolute Gasteiger partial charge is 0.457 e. The zero-order valence-corrected chi connectivity index (χ0v) is 16.5. The third-order valence-electron chi connectivity index (χ3n) is 4.35. The highest BCUT2D eigenvalue weighted by atomic mass is 35.5. The van der Waals surface area contributed by atoms with Crippen molar-refractivity contribution in [1.29, 1.82) is 0 Å². The summed E-state index contributed by atoms with van der Waals surface area (Å²) in [5.74, 6) is 1.00. The van der Waals surface area contributed by atoms with Crippen molar-refractivity contribution in [2.45, 2.75) is 4.90 Å². The molecule has 0 bridgehead atoms. The molecular weight excluding hydrogens is 394 g/mol. The van der Waals surface area contributed by atoms with Crippen molar-refractivity contribution >= 4 is 32.3 Å². The van der Waals surface area contributed by atoms with Crippen molar-refractivity contribution < 1.29 is 13.2 Å². The Morgan fingerprint density at radius 2 is 1.64 bits per heavy atom. The van der Waals surface area contributed by atoms with Crippen molar-refractivity contribution in [3.63, 3.8) is 0 Å². The van der Waals surface area contributed by atoms with E-state index in [0.29, 0.717) is 16.5 Å². The average Bonchev–Trinajstić information content (AvgIpc) is 2.69. The van der Waals surface area contributed by atoms with E-state index in [1.807, 2.05) is 36.4 Å². The Kier molecular flexibility index (Phi) is 4.79. The Morgan fingerprint density at radius 3 is 2.46 bits per heavy atom. The summed E-state index contributed by atoms with van der Waals surface area (Å²) < 4.78 is 29.4. The summed E-state index contributed by atoms with van der Waals surface area (Å²) in [7, 11) is -3.31. The van der Waals surface area contributed by atoms with Gasteiger partial charge in [-0.1, -0.05) is 35.9 Å². The van der Waals surface area contributed by atoms with Crippen LogP contribution < -0.4 is 4.74 Å². The topological polar surface area (TPSA) is 56.3 Å². The monoisotopic (exact) mass is 409 g/mol. The van der Waals surface area contributed by atoms with Crippen LogP contribution in [-0.4, -0.2) is 19.7 Å². The second-order valence-corrected chi connectivity index (χ2v) is 8.79. The number of sulfone groups is 1. The Balaban J connectivity index is 1.76. The smallest absolute Gasteiger partial charge is 0.175 e. The van der Waals surface area contributed by atoms with Gasteiger partial charge in [0.15, 0.2) is 9.84 Å². The predicted octanol–water partition coefficient (Wildman–Crippen LogP) is 5.75. The van der Waals surface area contributed by atoms with E-state index in [-0.39, 0.29) is 4.90 Å². The van der Waals surface area contributed by atoms with E-state index in [2.05, 4.69) is 4.98 Å². The Hall–Kier alpha value is -2.89. The fourth-order valence-electron chi connectivity index (χ4n) is 3.01. The van der Waals surface area contributed by atoms with Crippen LogP contribution in [0.15, 0.2) is 83.9 Å². The molecule has 0 N–H and O–H groups in total. The maximum Gasteiger partial charge on any atom is 0.175 e. The lowest BCUT2D eigenvalue weighted by molar-refractivity contribution is 0.481.